The fraction of sp³-hybridized carbons (Fsp3) is 0.118. The topological polar surface area (TPSA) is 128 Å². The number of carbonyl (C=O) groups excluding carboxylic acids is 1. The summed E-state index contributed by atoms with van der Waals surface area (Å²) in [5, 5.41) is 8.69. The van der Waals surface area contributed by atoms with Crippen LogP contribution in [0, 0.1) is 6.92 Å². The maximum atomic E-state index is 10.6. The van der Waals surface area contributed by atoms with Crippen LogP contribution in [0.1, 0.15) is 22.8 Å². The van der Waals surface area contributed by atoms with Crippen molar-refractivity contribution in [1.82, 2.24) is 0 Å². The Morgan fingerprint density at radius 1 is 1.08 bits per heavy atom. The molecule has 0 radical (unpaired) electrons. The summed E-state index contributed by atoms with van der Waals surface area (Å²) in [5.41, 5.74) is 12.3. The highest BCUT2D eigenvalue weighted by Gasteiger charge is 2.10. The van der Waals surface area contributed by atoms with Crippen molar-refractivity contribution in [3.8, 4) is 5.75 Å². The molecule has 0 amide bonds. The van der Waals surface area contributed by atoms with E-state index >= 15 is 0 Å². The van der Waals surface area contributed by atoms with Crippen LogP contribution < -0.4 is 16.2 Å². The maximum Gasteiger partial charge on any atom is 0.339 e. The molecule has 2 aromatic carbocycles. The number of para-hydroxylation sites is 1. The predicted molar refractivity (Wildman–Crippen MR) is 91.4 cm³/mol. The third kappa shape index (κ3) is 6.61. The number of carboxylic acids is 1. The highest BCUT2D eigenvalue weighted by atomic mass is 16.5. The standard InChI is InChI=1S/C9H8O4.C8H11N3/c1-6(10)13-8-5-3-2-4-7(8)9(11)12;1-6-3-2-4-7(5-6)11-8(9)10/h2-5H,1H3,(H,11,12);2-5H,1H3,(H4,9,10,11). The van der Waals surface area contributed by atoms with Gasteiger partial charge in [0.05, 0.1) is 5.69 Å². The molecule has 2 rings (SSSR count). The SMILES string of the molecule is CC(=O)Oc1ccccc1C(=O)O.Cc1cccc(N=C(N)N)c1. The van der Waals surface area contributed by atoms with Gasteiger partial charge in [-0.15, -0.1) is 0 Å². The van der Waals surface area contributed by atoms with E-state index in [1.54, 1.807) is 12.1 Å². The number of benzene rings is 2. The predicted octanol–water partition coefficient (Wildman–Crippen LogP) is 2.21. The molecule has 0 bridgehead atoms. The molecule has 0 unspecified atom stereocenters. The van der Waals surface area contributed by atoms with Crippen molar-refractivity contribution < 1.29 is 19.4 Å². The van der Waals surface area contributed by atoms with E-state index in [2.05, 4.69) is 9.73 Å². The highest BCUT2D eigenvalue weighted by Crippen LogP contribution is 2.17. The Balaban J connectivity index is 0.000000243. The minimum atomic E-state index is -1.11. The normalized spacial score (nSPS) is 9.25. The summed E-state index contributed by atoms with van der Waals surface area (Å²) in [6.45, 7) is 3.21. The van der Waals surface area contributed by atoms with E-state index in [0.717, 1.165) is 11.3 Å². The summed E-state index contributed by atoms with van der Waals surface area (Å²) >= 11 is 0. The average Bonchev–Trinajstić information content (AvgIpc) is 2.47. The molecule has 0 aliphatic carbocycles. The molecule has 0 spiro atoms. The molecule has 5 N–H and O–H groups in total. The van der Waals surface area contributed by atoms with Gasteiger partial charge < -0.3 is 21.3 Å². The van der Waals surface area contributed by atoms with Crippen LogP contribution in [0.2, 0.25) is 0 Å². The lowest BCUT2D eigenvalue weighted by Crippen LogP contribution is -2.21. The van der Waals surface area contributed by atoms with Crippen molar-refractivity contribution in [2.75, 3.05) is 0 Å². The van der Waals surface area contributed by atoms with Crippen LogP contribution in [-0.4, -0.2) is 23.0 Å². The Labute approximate surface area is 139 Å². The number of carboxylic acid groups (broad SMARTS) is 1. The van der Waals surface area contributed by atoms with E-state index in [0.29, 0.717) is 0 Å². The molecule has 0 heterocycles. The number of esters is 1. The van der Waals surface area contributed by atoms with Crippen LogP contribution in [0.15, 0.2) is 53.5 Å². The van der Waals surface area contributed by atoms with Gasteiger partial charge in [0.2, 0.25) is 0 Å². The molecule has 0 saturated heterocycles. The monoisotopic (exact) mass is 329 g/mol. The molecular formula is C17H19N3O4. The molecule has 0 aliphatic rings. The smallest absolute Gasteiger partial charge is 0.339 e. The second kappa shape index (κ2) is 8.94. The number of hydrogen-bond acceptors (Lipinski definition) is 4. The van der Waals surface area contributed by atoms with Gasteiger partial charge in [0.25, 0.3) is 0 Å². The van der Waals surface area contributed by atoms with Crippen LogP contribution in [0.5, 0.6) is 5.75 Å². The number of nitrogens with zero attached hydrogens (tertiary/aromatic N) is 1. The third-order valence-electron chi connectivity index (χ3n) is 2.63. The van der Waals surface area contributed by atoms with E-state index < -0.39 is 11.9 Å². The minimum Gasteiger partial charge on any atom is -0.478 e. The number of ether oxygens (including phenoxy) is 1. The van der Waals surface area contributed by atoms with Gasteiger partial charge in [0.15, 0.2) is 5.96 Å². The summed E-state index contributed by atoms with van der Waals surface area (Å²) in [4.78, 5) is 25.1. The molecule has 7 heteroatoms. The van der Waals surface area contributed by atoms with Crippen LogP contribution in [0.3, 0.4) is 0 Å². The van der Waals surface area contributed by atoms with E-state index in [1.165, 1.54) is 19.1 Å². The Kier molecular flexibility index (Phi) is 6.97. The van der Waals surface area contributed by atoms with Crippen LogP contribution in [-0.2, 0) is 4.79 Å². The number of rotatable bonds is 3. The number of guanidine groups is 1. The van der Waals surface area contributed by atoms with E-state index in [1.807, 2.05) is 31.2 Å². The molecular weight excluding hydrogens is 310 g/mol. The number of carbonyl (C=O) groups is 2. The fourth-order valence-electron chi connectivity index (χ4n) is 1.73. The zero-order valence-corrected chi connectivity index (χ0v) is 13.4. The number of aryl methyl sites for hydroxylation is 1. The number of aliphatic imine (C=N–C) groups is 1. The summed E-state index contributed by atoms with van der Waals surface area (Å²) in [6.07, 6.45) is 0. The molecule has 126 valence electrons. The number of aromatic carboxylic acids is 1. The first kappa shape index (κ1) is 18.7. The Hall–Kier alpha value is -3.35. The molecule has 0 fully saturated rings. The van der Waals surface area contributed by atoms with Gasteiger partial charge in [-0.2, -0.15) is 0 Å². The molecule has 0 saturated carbocycles. The van der Waals surface area contributed by atoms with E-state index in [4.69, 9.17) is 16.6 Å². The van der Waals surface area contributed by atoms with Gasteiger partial charge in [-0.25, -0.2) is 9.79 Å². The Morgan fingerprint density at radius 2 is 1.75 bits per heavy atom. The van der Waals surface area contributed by atoms with Crippen molar-refractivity contribution in [3.05, 3.63) is 59.7 Å². The third-order valence-corrected chi connectivity index (χ3v) is 2.63. The largest absolute Gasteiger partial charge is 0.478 e. The molecule has 0 aromatic heterocycles. The van der Waals surface area contributed by atoms with E-state index in [9.17, 15) is 9.59 Å². The van der Waals surface area contributed by atoms with Crippen molar-refractivity contribution in [1.29, 1.82) is 0 Å². The van der Waals surface area contributed by atoms with E-state index in [-0.39, 0.29) is 17.3 Å². The van der Waals surface area contributed by atoms with Gasteiger partial charge >= 0.3 is 11.9 Å². The number of nitrogens with two attached hydrogens (primary N) is 2. The molecule has 0 aliphatic heterocycles. The molecule has 7 nitrogen and oxygen atoms in total. The van der Waals surface area contributed by atoms with Crippen molar-refractivity contribution >= 4 is 23.6 Å². The quantitative estimate of drug-likeness (QED) is 0.343. The van der Waals surface area contributed by atoms with Crippen molar-refractivity contribution in [2.45, 2.75) is 13.8 Å². The average molecular weight is 329 g/mol. The first-order chi connectivity index (χ1) is 11.3. The lowest BCUT2D eigenvalue weighted by Gasteiger charge is -2.03. The van der Waals surface area contributed by atoms with Gasteiger partial charge in [-0.3, -0.25) is 4.79 Å². The Bertz CT molecular complexity index is 753. The highest BCUT2D eigenvalue weighted by molar-refractivity contribution is 5.91. The van der Waals surface area contributed by atoms with Crippen LogP contribution >= 0.6 is 0 Å². The molecule has 24 heavy (non-hydrogen) atoms. The fourth-order valence-corrected chi connectivity index (χ4v) is 1.73. The Morgan fingerprint density at radius 3 is 2.29 bits per heavy atom. The molecule has 0 atom stereocenters. The van der Waals surface area contributed by atoms with Crippen molar-refractivity contribution in [2.24, 2.45) is 16.5 Å². The first-order valence-electron chi connectivity index (χ1n) is 6.96. The summed E-state index contributed by atoms with van der Waals surface area (Å²) in [7, 11) is 0. The van der Waals surface area contributed by atoms with Gasteiger partial charge in [0.1, 0.15) is 11.3 Å². The lowest BCUT2D eigenvalue weighted by atomic mass is 10.2. The minimum absolute atomic E-state index is 0.0160. The van der Waals surface area contributed by atoms with Crippen molar-refractivity contribution in [3.63, 3.8) is 0 Å². The van der Waals surface area contributed by atoms with Crippen LogP contribution in [0.25, 0.3) is 0 Å². The lowest BCUT2D eigenvalue weighted by molar-refractivity contribution is -0.131. The number of hydrogen-bond donors (Lipinski definition) is 3. The first-order valence-corrected chi connectivity index (χ1v) is 6.96. The van der Waals surface area contributed by atoms with Gasteiger partial charge in [-0.1, -0.05) is 24.3 Å². The summed E-state index contributed by atoms with van der Waals surface area (Å²) in [5.74, 6) is -1.48. The van der Waals surface area contributed by atoms with Crippen LogP contribution in [0.4, 0.5) is 5.69 Å². The maximum absolute atomic E-state index is 10.6. The van der Waals surface area contributed by atoms with Gasteiger partial charge in [-0.05, 0) is 36.8 Å². The van der Waals surface area contributed by atoms with Gasteiger partial charge in [0, 0.05) is 6.92 Å². The second-order valence-corrected chi connectivity index (χ2v) is 4.77. The summed E-state index contributed by atoms with van der Waals surface area (Å²) < 4.78 is 4.69. The zero-order valence-electron chi connectivity index (χ0n) is 13.4. The molecule has 2 aromatic rings. The summed E-state index contributed by atoms with van der Waals surface area (Å²) in [6, 6.07) is 13.7. The second-order valence-electron chi connectivity index (χ2n) is 4.77. The zero-order chi connectivity index (χ0) is 18.1.